The number of hydrogen-bond acceptors (Lipinski definition) is 6. The van der Waals surface area contributed by atoms with E-state index in [4.69, 9.17) is 10.8 Å². The predicted octanol–water partition coefficient (Wildman–Crippen LogP) is 0.669. The van der Waals surface area contributed by atoms with Gasteiger partial charge < -0.3 is 15.6 Å². The second-order valence-electron chi connectivity index (χ2n) is 2.68. The first kappa shape index (κ1) is 10.8. The molecule has 0 aliphatic rings. The summed E-state index contributed by atoms with van der Waals surface area (Å²) in [4.78, 5) is 20.7. The second-order valence-corrected chi connectivity index (χ2v) is 2.68. The van der Waals surface area contributed by atoms with Crippen molar-refractivity contribution in [3.8, 4) is 5.75 Å². The highest BCUT2D eigenvalue weighted by atomic mass is 16.6. The van der Waals surface area contributed by atoms with E-state index in [0.717, 1.165) is 19.2 Å². The summed E-state index contributed by atoms with van der Waals surface area (Å²) in [6.07, 6.45) is 0. The zero-order valence-electron chi connectivity index (χ0n) is 7.76. The van der Waals surface area contributed by atoms with Gasteiger partial charge >= 0.3 is 11.7 Å². The molecule has 0 heterocycles. The summed E-state index contributed by atoms with van der Waals surface area (Å²) in [6, 6.07) is 1.81. The van der Waals surface area contributed by atoms with Crippen molar-refractivity contribution in [3.63, 3.8) is 0 Å². The van der Waals surface area contributed by atoms with Gasteiger partial charge in [-0.25, -0.2) is 4.79 Å². The van der Waals surface area contributed by atoms with Gasteiger partial charge in [0.2, 0.25) is 0 Å². The highest BCUT2D eigenvalue weighted by Crippen LogP contribution is 2.30. The van der Waals surface area contributed by atoms with E-state index in [-0.39, 0.29) is 11.3 Å². The van der Waals surface area contributed by atoms with Crippen LogP contribution in [0.5, 0.6) is 5.75 Å². The Kier molecular flexibility index (Phi) is 2.75. The number of phenols is 1. The van der Waals surface area contributed by atoms with E-state index < -0.39 is 22.3 Å². The first-order valence-corrected chi connectivity index (χ1v) is 3.82. The summed E-state index contributed by atoms with van der Waals surface area (Å²) in [5, 5.41) is 19.6. The van der Waals surface area contributed by atoms with E-state index in [1.165, 1.54) is 0 Å². The number of carbonyl (C=O) groups excluding carboxylic acids is 1. The molecule has 1 rings (SSSR count). The highest BCUT2D eigenvalue weighted by molar-refractivity contribution is 5.96. The quantitative estimate of drug-likeness (QED) is 0.322. The fourth-order valence-corrected chi connectivity index (χ4v) is 1.03. The number of nitrogens with two attached hydrogens (primary N) is 1. The Morgan fingerprint density at radius 1 is 1.60 bits per heavy atom. The zero-order valence-corrected chi connectivity index (χ0v) is 7.76. The number of hydrogen-bond donors (Lipinski definition) is 2. The van der Waals surface area contributed by atoms with Gasteiger partial charge in [-0.1, -0.05) is 0 Å². The molecule has 7 nitrogen and oxygen atoms in total. The minimum Gasteiger partial charge on any atom is -0.502 e. The number of nitrogen functional groups attached to an aromatic ring is 1. The molecule has 0 fully saturated rings. The third-order valence-electron chi connectivity index (χ3n) is 1.75. The molecule has 0 saturated carbocycles. The van der Waals surface area contributed by atoms with Gasteiger partial charge in [-0.2, -0.15) is 0 Å². The van der Waals surface area contributed by atoms with Crippen LogP contribution in [0.3, 0.4) is 0 Å². The van der Waals surface area contributed by atoms with Crippen molar-refractivity contribution in [1.29, 1.82) is 0 Å². The number of methoxy groups -OCH3 is 1. The number of phenolic OH excluding ortho intramolecular Hbond substituents is 1. The molecule has 0 bridgehead atoms. The number of aromatic hydroxyl groups is 1. The summed E-state index contributed by atoms with van der Waals surface area (Å²) >= 11 is 0. The SMILES string of the molecule is COC(=O)c1cc([N+](=O)[O-])c(O)cc1N. The number of rotatable bonds is 2. The van der Waals surface area contributed by atoms with Crippen LogP contribution < -0.4 is 5.73 Å². The molecule has 80 valence electrons. The van der Waals surface area contributed by atoms with E-state index in [9.17, 15) is 14.9 Å². The topological polar surface area (TPSA) is 116 Å². The van der Waals surface area contributed by atoms with Crippen LogP contribution in [-0.2, 0) is 4.74 Å². The van der Waals surface area contributed by atoms with Crippen LogP contribution in [0.4, 0.5) is 11.4 Å². The first-order chi connectivity index (χ1) is 6.97. The van der Waals surface area contributed by atoms with Crippen molar-refractivity contribution < 1.29 is 19.6 Å². The summed E-state index contributed by atoms with van der Waals surface area (Å²) in [5.74, 6) is -1.39. The van der Waals surface area contributed by atoms with Crippen molar-refractivity contribution >= 4 is 17.3 Å². The third kappa shape index (κ3) is 1.96. The highest BCUT2D eigenvalue weighted by Gasteiger charge is 2.20. The molecule has 3 N–H and O–H groups in total. The Morgan fingerprint density at radius 3 is 2.67 bits per heavy atom. The maximum absolute atomic E-state index is 11.1. The summed E-state index contributed by atoms with van der Waals surface area (Å²) in [7, 11) is 1.13. The van der Waals surface area contributed by atoms with Crippen LogP contribution in [0, 0.1) is 10.1 Å². The van der Waals surface area contributed by atoms with Gasteiger partial charge in [0.05, 0.1) is 23.3 Å². The molecular formula is C8H8N2O5. The molecule has 0 aliphatic carbocycles. The lowest BCUT2D eigenvalue weighted by atomic mass is 10.1. The standard InChI is InChI=1S/C8H8N2O5/c1-15-8(12)4-2-6(10(13)14)7(11)3-5(4)9/h2-3,11H,9H2,1H3. The van der Waals surface area contributed by atoms with E-state index in [1.54, 1.807) is 0 Å². The van der Waals surface area contributed by atoms with Gasteiger partial charge in [-0.3, -0.25) is 10.1 Å². The van der Waals surface area contributed by atoms with Gasteiger partial charge in [-0.15, -0.1) is 0 Å². The number of anilines is 1. The fraction of sp³-hybridized carbons (Fsp3) is 0.125. The number of carbonyl (C=O) groups is 1. The van der Waals surface area contributed by atoms with Crippen LogP contribution >= 0.6 is 0 Å². The molecule has 7 heteroatoms. The molecule has 15 heavy (non-hydrogen) atoms. The molecule has 1 aromatic carbocycles. The number of esters is 1. The van der Waals surface area contributed by atoms with E-state index in [0.29, 0.717) is 0 Å². The molecule has 0 aliphatic heterocycles. The van der Waals surface area contributed by atoms with E-state index in [1.807, 2.05) is 0 Å². The van der Waals surface area contributed by atoms with Crippen LogP contribution in [0.25, 0.3) is 0 Å². The van der Waals surface area contributed by atoms with Crippen molar-refractivity contribution in [2.45, 2.75) is 0 Å². The van der Waals surface area contributed by atoms with Crippen molar-refractivity contribution in [2.75, 3.05) is 12.8 Å². The number of benzene rings is 1. The van der Waals surface area contributed by atoms with E-state index in [2.05, 4.69) is 4.74 Å². The van der Waals surface area contributed by atoms with Gasteiger partial charge in [0.1, 0.15) is 0 Å². The number of ether oxygens (including phenoxy) is 1. The summed E-state index contributed by atoms with van der Waals surface area (Å²) < 4.78 is 4.37. The number of nitro benzene ring substituents is 1. The molecule has 0 atom stereocenters. The Hall–Kier alpha value is -2.31. The van der Waals surface area contributed by atoms with Crippen molar-refractivity contribution in [3.05, 3.63) is 27.8 Å². The van der Waals surface area contributed by atoms with Crippen LogP contribution in [0.1, 0.15) is 10.4 Å². The van der Waals surface area contributed by atoms with Gasteiger partial charge in [0.15, 0.2) is 5.75 Å². The molecule has 0 radical (unpaired) electrons. The smallest absolute Gasteiger partial charge is 0.340 e. The van der Waals surface area contributed by atoms with Gasteiger partial charge in [-0.05, 0) is 0 Å². The van der Waals surface area contributed by atoms with Crippen molar-refractivity contribution in [2.24, 2.45) is 0 Å². The van der Waals surface area contributed by atoms with Crippen LogP contribution in [-0.4, -0.2) is 23.1 Å². The molecule has 0 amide bonds. The normalized spacial score (nSPS) is 9.67. The molecule has 0 aromatic heterocycles. The Balaban J connectivity index is 3.36. The van der Waals surface area contributed by atoms with Crippen LogP contribution in [0.15, 0.2) is 12.1 Å². The number of nitro groups is 1. The monoisotopic (exact) mass is 212 g/mol. The minimum absolute atomic E-state index is 0.0787. The maximum atomic E-state index is 11.1. The molecule has 1 aromatic rings. The predicted molar refractivity (Wildman–Crippen MR) is 50.5 cm³/mol. The lowest BCUT2D eigenvalue weighted by Crippen LogP contribution is -2.06. The maximum Gasteiger partial charge on any atom is 0.340 e. The molecule has 0 saturated heterocycles. The summed E-state index contributed by atoms with van der Waals surface area (Å²) in [6.45, 7) is 0. The van der Waals surface area contributed by atoms with Gasteiger partial charge in [0.25, 0.3) is 0 Å². The fourth-order valence-electron chi connectivity index (χ4n) is 1.03. The van der Waals surface area contributed by atoms with Crippen molar-refractivity contribution in [1.82, 2.24) is 0 Å². The Bertz CT molecular complexity index is 429. The first-order valence-electron chi connectivity index (χ1n) is 3.82. The average Bonchev–Trinajstić information content (AvgIpc) is 2.16. The number of nitrogens with zero attached hydrogens (tertiary/aromatic N) is 1. The summed E-state index contributed by atoms with van der Waals surface area (Å²) in [5.41, 5.74) is 4.56. The van der Waals surface area contributed by atoms with E-state index >= 15 is 0 Å². The zero-order chi connectivity index (χ0) is 11.6. The lowest BCUT2D eigenvalue weighted by Gasteiger charge is -2.04. The molecular weight excluding hydrogens is 204 g/mol. The molecule has 0 spiro atoms. The minimum atomic E-state index is -0.818. The van der Waals surface area contributed by atoms with Crippen LogP contribution in [0.2, 0.25) is 0 Å². The largest absolute Gasteiger partial charge is 0.502 e. The third-order valence-corrected chi connectivity index (χ3v) is 1.75. The Labute approximate surface area is 84.2 Å². The second kappa shape index (κ2) is 3.82. The average molecular weight is 212 g/mol. The molecule has 0 unspecified atom stereocenters. The van der Waals surface area contributed by atoms with Gasteiger partial charge in [0, 0.05) is 12.1 Å². The Morgan fingerprint density at radius 2 is 2.20 bits per heavy atom. The lowest BCUT2D eigenvalue weighted by molar-refractivity contribution is -0.385.